The van der Waals surface area contributed by atoms with Gasteiger partial charge in [-0.3, -0.25) is 9.71 Å². The summed E-state index contributed by atoms with van der Waals surface area (Å²) in [7, 11) is -2.23. The lowest BCUT2D eigenvalue weighted by Gasteiger charge is -2.30. The van der Waals surface area contributed by atoms with E-state index >= 15 is 0 Å². The van der Waals surface area contributed by atoms with E-state index in [0.29, 0.717) is 34.8 Å². The Hall–Kier alpha value is -3.41. The molecule has 8 nitrogen and oxygen atoms in total. The van der Waals surface area contributed by atoms with Gasteiger partial charge in [-0.2, -0.15) is 11.3 Å². The van der Waals surface area contributed by atoms with Crippen molar-refractivity contribution in [3.8, 4) is 23.0 Å². The molecule has 2 aromatic carbocycles. The first-order valence-corrected chi connectivity index (χ1v) is 15.6. The number of rotatable bonds is 11. The molecule has 0 saturated carbocycles. The van der Waals surface area contributed by atoms with Crippen molar-refractivity contribution in [3.05, 3.63) is 65.2 Å². The van der Waals surface area contributed by atoms with E-state index < -0.39 is 15.8 Å². The maximum absolute atomic E-state index is 15.0. The molecular formula is C29H32FN3O5S2. The molecule has 11 heteroatoms. The molecule has 40 heavy (non-hydrogen) atoms. The second-order valence-electron chi connectivity index (χ2n) is 9.89. The number of benzene rings is 2. The number of sulfonamides is 1. The second kappa shape index (κ2) is 12.4. The minimum Gasteiger partial charge on any atom is -0.493 e. The van der Waals surface area contributed by atoms with E-state index in [1.54, 1.807) is 36.9 Å². The number of piperidine rings is 1. The van der Waals surface area contributed by atoms with Gasteiger partial charge in [0.2, 0.25) is 0 Å². The van der Waals surface area contributed by atoms with Crippen LogP contribution in [0.15, 0.2) is 64.3 Å². The Balaban J connectivity index is 1.28. The van der Waals surface area contributed by atoms with Crippen LogP contribution in [-0.2, 0) is 10.0 Å². The summed E-state index contributed by atoms with van der Waals surface area (Å²) in [5, 5.41) is 3.79. The number of fused-ring (bicyclic) bond motifs is 1. The molecule has 0 aliphatic carbocycles. The van der Waals surface area contributed by atoms with Gasteiger partial charge in [0.15, 0.2) is 23.1 Å². The molecule has 4 aromatic rings. The van der Waals surface area contributed by atoms with Crippen LogP contribution in [0, 0.1) is 11.7 Å². The van der Waals surface area contributed by atoms with Gasteiger partial charge in [-0.15, -0.1) is 0 Å². The fraction of sp³-hybridized carbons (Fsp3) is 0.345. The average molecular weight is 586 g/mol. The van der Waals surface area contributed by atoms with Crippen molar-refractivity contribution in [2.75, 3.05) is 38.1 Å². The van der Waals surface area contributed by atoms with Crippen LogP contribution < -0.4 is 18.9 Å². The van der Waals surface area contributed by atoms with Crippen LogP contribution in [0.1, 0.15) is 26.2 Å². The number of pyridine rings is 1. The van der Waals surface area contributed by atoms with Gasteiger partial charge in [-0.25, -0.2) is 12.8 Å². The lowest BCUT2D eigenvalue weighted by Crippen LogP contribution is -2.35. The van der Waals surface area contributed by atoms with E-state index in [1.807, 2.05) is 0 Å². The highest BCUT2D eigenvalue weighted by Gasteiger charge is 2.18. The van der Waals surface area contributed by atoms with Crippen LogP contribution in [0.3, 0.4) is 0 Å². The van der Waals surface area contributed by atoms with Crippen molar-refractivity contribution in [1.29, 1.82) is 0 Å². The maximum atomic E-state index is 15.0. The Labute approximate surface area is 237 Å². The number of halogens is 1. The molecule has 0 bridgehead atoms. The molecule has 1 atom stereocenters. The summed E-state index contributed by atoms with van der Waals surface area (Å²) in [5.41, 5.74) is 0.701. The van der Waals surface area contributed by atoms with Gasteiger partial charge >= 0.3 is 0 Å². The van der Waals surface area contributed by atoms with Crippen LogP contribution in [0.5, 0.6) is 23.0 Å². The largest absolute Gasteiger partial charge is 0.493 e. The number of methoxy groups -OCH3 is 1. The van der Waals surface area contributed by atoms with Gasteiger partial charge in [0, 0.05) is 42.2 Å². The molecule has 3 heterocycles. The lowest BCUT2D eigenvalue weighted by atomic mass is 10.0. The Morgan fingerprint density at radius 3 is 2.75 bits per heavy atom. The minimum absolute atomic E-state index is 0.0581. The topological polar surface area (TPSA) is 90.0 Å². The van der Waals surface area contributed by atoms with Crippen molar-refractivity contribution in [3.63, 3.8) is 0 Å². The molecule has 1 aliphatic rings. The number of ether oxygens (including phenoxy) is 3. The molecule has 1 saturated heterocycles. The molecule has 0 amide bonds. The number of nitrogens with zero attached hydrogens (tertiary/aromatic N) is 2. The third kappa shape index (κ3) is 6.65. The monoisotopic (exact) mass is 585 g/mol. The first-order chi connectivity index (χ1) is 19.3. The Bertz CT molecular complexity index is 1560. The van der Waals surface area contributed by atoms with Crippen molar-refractivity contribution in [1.82, 2.24) is 9.88 Å². The first-order valence-electron chi connectivity index (χ1n) is 13.2. The SMILES string of the molecule is COc1cc2c(Oc3ccc(NS(=O)(=O)c4ccsc4)cc3F)ccnc2cc1OCCCN1CCCC(C)C1. The Morgan fingerprint density at radius 1 is 1.12 bits per heavy atom. The number of hydrogen-bond acceptors (Lipinski definition) is 8. The summed E-state index contributed by atoms with van der Waals surface area (Å²) < 4.78 is 59.8. The average Bonchev–Trinajstić information content (AvgIpc) is 3.49. The summed E-state index contributed by atoms with van der Waals surface area (Å²) in [6.45, 7) is 6.13. The molecule has 212 valence electrons. The third-order valence-electron chi connectivity index (χ3n) is 6.81. The fourth-order valence-electron chi connectivity index (χ4n) is 4.83. The van der Waals surface area contributed by atoms with E-state index in [-0.39, 0.29) is 16.3 Å². The summed E-state index contributed by atoms with van der Waals surface area (Å²) in [4.78, 5) is 7.05. The third-order valence-corrected chi connectivity index (χ3v) is 9.03. The van der Waals surface area contributed by atoms with Crippen LogP contribution in [0.2, 0.25) is 0 Å². The van der Waals surface area contributed by atoms with Crippen molar-refractivity contribution >= 4 is 38.0 Å². The normalized spacial score (nSPS) is 16.1. The summed E-state index contributed by atoms with van der Waals surface area (Å²) in [6.07, 6.45) is 5.03. The number of thiophene rings is 1. The molecular weight excluding hydrogens is 553 g/mol. The predicted molar refractivity (Wildman–Crippen MR) is 155 cm³/mol. The highest BCUT2D eigenvalue weighted by atomic mass is 32.2. The minimum atomic E-state index is -3.80. The van der Waals surface area contributed by atoms with Gasteiger partial charge in [-0.1, -0.05) is 6.92 Å². The molecule has 5 rings (SSSR count). The van der Waals surface area contributed by atoms with Gasteiger partial charge < -0.3 is 19.1 Å². The second-order valence-corrected chi connectivity index (χ2v) is 12.4. The standard InChI is InChI=1S/C29H32FN3O5S2/c1-20-5-3-11-33(18-20)12-4-13-37-29-17-25-23(16-28(29)36-2)26(8-10-31-25)38-27-7-6-21(15-24(27)30)32-40(34,35)22-9-14-39-19-22/h6-10,14-17,19-20,32H,3-5,11-13,18H2,1-2H3. The maximum Gasteiger partial charge on any atom is 0.262 e. The van der Waals surface area contributed by atoms with E-state index in [1.165, 1.54) is 47.8 Å². The van der Waals surface area contributed by atoms with Gasteiger partial charge in [-0.05, 0) is 67.4 Å². The zero-order chi connectivity index (χ0) is 28.1. The van der Waals surface area contributed by atoms with E-state index in [9.17, 15) is 12.8 Å². The molecule has 1 N–H and O–H groups in total. The van der Waals surface area contributed by atoms with Gasteiger partial charge in [0.05, 0.1) is 29.8 Å². The number of likely N-dealkylation sites (tertiary alicyclic amines) is 1. The molecule has 1 aliphatic heterocycles. The van der Waals surface area contributed by atoms with Crippen LogP contribution in [0.25, 0.3) is 10.9 Å². The highest BCUT2D eigenvalue weighted by Crippen LogP contribution is 2.38. The summed E-state index contributed by atoms with van der Waals surface area (Å²) in [5.74, 6) is 1.45. The van der Waals surface area contributed by atoms with E-state index in [2.05, 4.69) is 21.5 Å². The van der Waals surface area contributed by atoms with Crippen LogP contribution in [0.4, 0.5) is 10.1 Å². The smallest absolute Gasteiger partial charge is 0.262 e. The van der Waals surface area contributed by atoms with Gasteiger partial charge in [0.1, 0.15) is 5.75 Å². The van der Waals surface area contributed by atoms with Crippen molar-refractivity contribution in [2.24, 2.45) is 5.92 Å². The van der Waals surface area contributed by atoms with Crippen molar-refractivity contribution in [2.45, 2.75) is 31.1 Å². The number of aromatic nitrogens is 1. The lowest BCUT2D eigenvalue weighted by molar-refractivity contribution is 0.169. The number of nitrogens with one attached hydrogen (secondary N) is 1. The van der Waals surface area contributed by atoms with Gasteiger partial charge in [0.25, 0.3) is 10.0 Å². The van der Waals surface area contributed by atoms with Crippen molar-refractivity contribution < 1.29 is 27.0 Å². The molecule has 1 unspecified atom stereocenters. The predicted octanol–water partition coefficient (Wildman–Crippen LogP) is 6.54. The summed E-state index contributed by atoms with van der Waals surface area (Å²) >= 11 is 1.26. The van der Waals surface area contributed by atoms with Crippen LogP contribution >= 0.6 is 11.3 Å². The highest BCUT2D eigenvalue weighted by molar-refractivity contribution is 7.92. The molecule has 0 radical (unpaired) electrons. The van der Waals surface area contributed by atoms with E-state index in [0.717, 1.165) is 38.0 Å². The Morgan fingerprint density at radius 2 is 2.00 bits per heavy atom. The van der Waals surface area contributed by atoms with E-state index in [4.69, 9.17) is 14.2 Å². The quantitative estimate of drug-likeness (QED) is 0.200. The Kier molecular flexibility index (Phi) is 8.72. The number of hydrogen-bond donors (Lipinski definition) is 1. The zero-order valence-electron chi connectivity index (χ0n) is 22.4. The first kappa shape index (κ1) is 28.1. The number of anilines is 1. The van der Waals surface area contributed by atoms with Crippen LogP contribution in [-0.4, -0.2) is 51.7 Å². The fourth-order valence-corrected chi connectivity index (χ4v) is 6.91. The molecule has 2 aromatic heterocycles. The zero-order valence-corrected chi connectivity index (χ0v) is 24.1. The summed E-state index contributed by atoms with van der Waals surface area (Å²) in [6, 6.07) is 10.6. The molecule has 0 spiro atoms. The molecule has 1 fully saturated rings.